The first-order valence-corrected chi connectivity index (χ1v) is 10.2. The lowest BCUT2D eigenvalue weighted by molar-refractivity contribution is -0.386. The Kier molecular flexibility index (Phi) is 6.75. The second-order valence-electron chi connectivity index (χ2n) is 6.90. The maximum atomic E-state index is 12.2. The predicted octanol–water partition coefficient (Wildman–Crippen LogP) is 2.30. The fourth-order valence-corrected chi connectivity index (χ4v) is 3.70. The van der Waals surface area contributed by atoms with E-state index < -0.39 is 23.4 Å². The van der Waals surface area contributed by atoms with Crippen LogP contribution in [0.15, 0.2) is 40.8 Å². The number of aromatic nitrogens is 3. The van der Waals surface area contributed by atoms with Gasteiger partial charge in [-0.2, -0.15) is 10.1 Å². The first-order chi connectivity index (χ1) is 14.7. The van der Waals surface area contributed by atoms with Crippen molar-refractivity contribution in [3.8, 4) is 0 Å². The first-order valence-electron chi connectivity index (χ1n) is 9.35. The van der Waals surface area contributed by atoms with Crippen LogP contribution in [0.25, 0.3) is 0 Å². The van der Waals surface area contributed by atoms with E-state index in [1.165, 1.54) is 29.9 Å². The van der Waals surface area contributed by atoms with Gasteiger partial charge in [-0.25, -0.2) is 0 Å². The van der Waals surface area contributed by atoms with Gasteiger partial charge >= 0.3 is 11.7 Å². The van der Waals surface area contributed by atoms with Gasteiger partial charge in [0, 0.05) is 18.1 Å². The number of aryl methyl sites for hydroxylation is 2. The molecule has 1 aromatic carbocycles. The molecule has 0 radical (unpaired) electrons. The molecule has 0 saturated heterocycles. The lowest BCUT2D eigenvalue weighted by atomic mass is 10.1. The highest BCUT2D eigenvalue weighted by Gasteiger charge is 2.23. The smallest absolute Gasteiger partial charge is 0.328 e. The van der Waals surface area contributed by atoms with Gasteiger partial charge in [0.05, 0.1) is 4.92 Å². The number of hydrogen-bond acceptors (Lipinski definition) is 7. The van der Waals surface area contributed by atoms with Crippen LogP contribution in [0.1, 0.15) is 22.5 Å². The van der Waals surface area contributed by atoms with Gasteiger partial charge in [-0.3, -0.25) is 24.4 Å². The average Bonchev–Trinajstić information content (AvgIpc) is 3.25. The van der Waals surface area contributed by atoms with Crippen molar-refractivity contribution in [2.24, 2.45) is 4.99 Å². The van der Waals surface area contributed by atoms with Gasteiger partial charge in [0.2, 0.25) is 0 Å². The molecule has 10 nitrogen and oxygen atoms in total. The standard InChI is InChI=1S/C20H21N5O5S/c1-13-4-6-16(7-5-13)10-23-8-9-31-20(23)21-17(26)12-30-18(27)11-24-15(3)19(25(28)29)14(2)22-24/h4-9H,10-12H2,1-3H3. The summed E-state index contributed by atoms with van der Waals surface area (Å²) in [5.41, 5.74) is 2.54. The number of thiazole rings is 1. The largest absolute Gasteiger partial charge is 0.454 e. The summed E-state index contributed by atoms with van der Waals surface area (Å²) in [4.78, 5) is 39.2. The van der Waals surface area contributed by atoms with Crippen LogP contribution in [-0.4, -0.2) is 37.8 Å². The number of hydrogen-bond donors (Lipinski definition) is 0. The van der Waals surface area contributed by atoms with Crippen LogP contribution >= 0.6 is 11.3 Å². The molecule has 11 heteroatoms. The van der Waals surface area contributed by atoms with Crippen LogP contribution in [0.5, 0.6) is 0 Å². The number of ether oxygens (including phenoxy) is 1. The average molecular weight is 443 g/mol. The molecule has 2 aromatic heterocycles. The fourth-order valence-electron chi connectivity index (χ4n) is 2.95. The highest BCUT2D eigenvalue weighted by atomic mass is 32.1. The molecule has 2 heterocycles. The van der Waals surface area contributed by atoms with E-state index >= 15 is 0 Å². The number of carbonyl (C=O) groups is 2. The monoisotopic (exact) mass is 443 g/mol. The van der Waals surface area contributed by atoms with Gasteiger partial charge < -0.3 is 9.30 Å². The topological polar surface area (TPSA) is 122 Å². The second-order valence-corrected chi connectivity index (χ2v) is 7.77. The normalized spacial score (nSPS) is 11.5. The Morgan fingerprint density at radius 3 is 2.58 bits per heavy atom. The van der Waals surface area contributed by atoms with E-state index in [0.717, 1.165) is 11.1 Å². The summed E-state index contributed by atoms with van der Waals surface area (Å²) >= 11 is 1.30. The van der Waals surface area contributed by atoms with Crippen molar-refractivity contribution in [2.75, 3.05) is 6.61 Å². The molecule has 0 bridgehead atoms. The van der Waals surface area contributed by atoms with Gasteiger partial charge in [-0.1, -0.05) is 29.8 Å². The maximum Gasteiger partial charge on any atom is 0.328 e. The summed E-state index contributed by atoms with van der Waals surface area (Å²) in [5, 5.41) is 16.8. The lowest BCUT2D eigenvalue weighted by Crippen LogP contribution is -2.22. The molecule has 0 aliphatic heterocycles. The third-order valence-corrected chi connectivity index (χ3v) is 5.31. The van der Waals surface area contributed by atoms with Crippen molar-refractivity contribution in [1.82, 2.24) is 14.3 Å². The van der Waals surface area contributed by atoms with E-state index in [9.17, 15) is 19.7 Å². The Bertz CT molecular complexity index is 1190. The number of nitrogens with zero attached hydrogens (tertiary/aromatic N) is 5. The molecule has 0 N–H and O–H groups in total. The summed E-state index contributed by atoms with van der Waals surface area (Å²) in [6.45, 7) is 4.70. The Balaban J connectivity index is 1.60. The van der Waals surface area contributed by atoms with Crippen molar-refractivity contribution < 1.29 is 19.2 Å². The highest BCUT2D eigenvalue weighted by Crippen LogP contribution is 2.21. The van der Waals surface area contributed by atoms with E-state index in [-0.39, 0.29) is 23.6 Å². The third kappa shape index (κ3) is 5.51. The molecule has 0 unspecified atom stereocenters. The van der Waals surface area contributed by atoms with Crippen molar-refractivity contribution in [2.45, 2.75) is 33.9 Å². The van der Waals surface area contributed by atoms with Crippen molar-refractivity contribution in [3.05, 3.63) is 73.3 Å². The molecule has 0 aliphatic rings. The SMILES string of the molecule is Cc1ccc(Cn2ccsc2=NC(=O)COC(=O)Cn2nc(C)c([N+](=O)[O-])c2C)cc1. The molecular weight excluding hydrogens is 422 g/mol. The van der Waals surface area contributed by atoms with Crippen LogP contribution < -0.4 is 4.80 Å². The lowest BCUT2D eigenvalue weighted by Gasteiger charge is -2.05. The molecule has 0 saturated carbocycles. The van der Waals surface area contributed by atoms with Crippen LogP contribution in [0, 0.1) is 30.9 Å². The summed E-state index contributed by atoms with van der Waals surface area (Å²) in [6.07, 6.45) is 1.83. The molecule has 0 fully saturated rings. The van der Waals surface area contributed by atoms with E-state index in [4.69, 9.17) is 4.74 Å². The van der Waals surface area contributed by atoms with Crippen molar-refractivity contribution in [1.29, 1.82) is 0 Å². The number of carbonyl (C=O) groups excluding carboxylic acids is 2. The van der Waals surface area contributed by atoms with Gasteiger partial charge in [-0.05, 0) is 26.3 Å². The van der Waals surface area contributed by atoms with Crippen LogP contribution in [0.4, 0.5) is 5.69 Å². The zero-order chi connectivity index (χ0) is 22.5. The number of amides is 1. The van der Waals surface area contributed by atoms with E-state index in [1.807, 2.05) is 47.3 Å². The van der Waals surface area contributed by atoms with E-state index in [0.29, 0.717) is 11.3 Å². The molecule has 31 heavy (non-hydrogen) atoms. The zero-order valence-corrected chi connectivity index (χ0v) is 18.1. The minimum absolute atomic E-state index is 0.144. The quantitative estimate of drug-likeness (QED) is 0.314. The minimum atomic E-state index is -0.734. The predicted molar refractivity (Wildman–Crippen MR) is 112 cm³/mol. The van der Waals surface area contributed by atoms with Gasteiger partial charge in [0.25, 0.3) is 5.91 Å². The molecule has 162 valence electrons. The summed E-state index contributed by atoms with van der Waals surface area (Å²) < 4.78 is 8.00. The van der Waals surface area contributed by atoms with Gasteiger partial charge in [-0.15, -0.1) is 11.3 Å². The van der Waals surface area contributed by atoms with Crippen LogP contribution in [0.3, 0.4) is 0 Å². The molecular formula is C20H21N5O5S. The molecule has 3 rings (SSSR count). The highest BCUT2D eigenvalue weighted by molar-refractivity contribution is 7.07. The van der Waals surface area contributed by atoms with E-state index in [2.05, 4.69) is 10.1 Å². The Morgan fingerprint density at radius 1 is 1.23 bits per heavy atom. The molecule has 1 amide bonds. The Labute approximate surface area is 181 Å². The molecule has 0 spiro atoms. The number of benzene rings is 1. The van der Waals surface area contributed by atoms with Gasteiger partial charge in [0.15, 0.2) is 11.4 Å². The first kappa shape index (κ1) is 22.1. The molecule has 3 aromatic rings. The maximum absolute atomic E-state index is 12.2. The van der Waals surface area contributed by atoms with Gasteiger partial charge in [0.1, 0.15) is 17.9 Å². The van der Waals surface area contributed by atoms with E-state index in [1.54, 1.807) is 0 Å². The minimum Gasteiger partial charge on any atom is -0.454 e. The third-order valence-electron chi connectivity index (χ3n) is 4.52. The number of esters is 1. The number of rotatable bonds is 7. The Morgan fingerprint density at radius 2 is 1.94 bits per heavy atom. The second kappa shape index (κ2) is 9.47. The Hall–Kier alpha value is -3.60. The number of nitro groups is 1. The van der Waals surface area contributed by atoms with Crippen molar-refractivity contribution in [3.63, 3.8) is 0 Å². The zero-order valence-electron chi connectivity index (χ0n) is 17.3. The van der Waals surface area contributed by atoms with Crippen molar-refractivity contribution >= 4 is 28.9 Å². The molecule has 0 aliphatic carbocycles. The molecule has 0 atom stereocenters. The summed E-state index contributed by atoms with van der Waals surface area (Å²) in [5.74, 6) is -1.34. The van der Waals surface area contributed by atoms with Crippen LogP contribution in [-0.2, 0) is 27.4 Å². The fraction of sp³-hybridized carbons (Fsp3) is 0.300. The summed E-state index contributed by atoms with van der Waals surface area (Å²) in [7, 11) is 0. The van der Waals surface area contributed by atoms with Crippen LogP contribution in [0.2, 0.25) is 0 Å². The summed E-state index contributed by atoms with van der Waals surface area (Å²) in [6, 6.07) is 8.05.